The van der Waals surface area contributed by atoms with E-state index in [0.717, 1.165) is 11.8 Å². The first-order valence-corrected chi connectivity index (χ1v) is 5.00. The predicted molar refractivity (Wildman–Crippen MR) is 52.9 cm³/mol. The van der Waals surface area contributed by atoms with Crippen molar-refractivity contribution in [3.8, 4) is 0 Å². The number of unbranched alkanes of at least 4 members (excludes halogenated alkanes) is 1. The zero-order chi connectivity index (χ0) is 7.94. The second-order valence-corrected chi connectivity index (χ2v) is 3.24. The average molecular weight is 212 g/mol. The van der Waals surface area contributed by atoms with E-state index in [-0.39, 0.29) is 0 Å². The van der Waals surface area contributed by atoms with Gasteiger partial charge in [-0.2, -0.15) is 0 Å². The average Bonchev–Trinajstić information content (AvgIpc) is 2.07. The third-order valence-electron chi connectivity index (χ3n) is 1.52. The number of halogens is 1. The van der Waals surface area contributed by atoms with Crippen LogP contribution in [0.25, 0.3) is 0 Å². The monoisotopic (exact) mass is 211 g/mol. The van der Waals surface area contributed by atoms with Crippen molar-refractivity contribution in [2.75, 3.05) is 5.33 Å². The Morgan fingerprint density at radius 3 is 2.55 bits per heavy atom. The van der Waals surface area contributed by atoms with Gasteiger partial charge in [-0.05, 0) is 24.8 Å². The zero-order valence-electron chi connectivity index (χ0n) is 6.46. The van der Waals surface area contributed by atoms with Gasteiger partial charge in [0.2, 0.25) is 0 Å². The van der Waals surface area contributed by atoms with Crippen LogP contribution in [0.15, 0.2) is 30.3 Å². The van der Waals surface area contributed by atoms with E-state index in [2.05, 4.69) is 46.6 Å². The molecule has 0 heterocycles. The fraction of sp³-hybridized carbons (Fsp3) is 0.300. The third kappa shape index (κ3) is 3.57. The largest absolute Gasteiger partial charge is 0.0928 e. The maximum absolute atomic E-state index is 3.40. The summed E-state index contributed by atoms with van der Waals surface area (Å²) in [6.07, 6.45) is 4.64. The summed E-state index contributed by atoms with van der Waals surface area (Å²) in [6.45, 7) is 0. The molecule has 0 spiro atoms. The second kappa shape index (κ2) is 5.36. The maximum Gasteiger partial charge on any atom is 0.00315 e. The molecule has 11 heavy (non-hydrogen) atoms. The summed E-state index contributed by atoms with van der Waals surface area (Å²) < 4.78 is 0. The summed E-state index contributed by atoms with van der Waals surface area (Å²) >= 11 is 3.40. The quantitative estimate of drug-likeness (QED) is 0.530. The molecule has 0 aliphatic carbocycles. The van der Waals surface area contributed by atoms with Crippen LogP contribution in [0, 0.1) is 6.42 Å². The van der Waals surface area contributed by atoms with Crippen molar-refractivity contribution < 1.29 is 0 Å². The molecule has 0 saturated carbocycles. The van der Waals surface area contributed by atoms with Crippen LogP contribution < -0.4 is 0 Å². The fourth-order valence-corrected chi connectivity index (χ4v) is 1.26. The maximum atomic E-state index is 3.40. The zero-order valence-corrected chi connectivity index (χ0v) is 8.05. The SMILES string of the molecule is BrCCC[CH]c1ccccc1. The van der Waals surface area contributed by atoms with E-state index in [9.17, 15) is 0 Å². The lowest BCUT2D eigenvalue weighted by atomic mass is 10.1. The Balaban J connectivity index is 2.28. The summed E-state index contributed by atoms with van der Waals surface area (Å²) in [5, 5.41) is 1.09. The Morgan fingerprint density at radius 1 is 1.18 bits per heavy atom. The van der Waals surface area contributed by atoms with Gasteiger partial charge in [-0.25, -0.2) is 0 Å². The van der Waals surface area contributed by atoms with E-state index in [1.54, 1.807) is 0 Å². The molecule has 0 nitrogen and oxygen atoms in total. The Hall–Kier alpha value is -0.300. The van der Waals surface area contributed by atoms with Crippen LogP contribution in [0.4, 0.5) is 0 Å². The molecule has 1 aromatic carbocycles. The van der Waals surface area contributed by atoms with Gasteiger partial charge in [-0.15, -0.1) is 0 Å². The molecule has 0 atom stereocenters. The number of hydrogen-bond acceptors (Lipinski definition) is 0. The molecule has 0 fully saturated rings. The Bertz CT molecular complexity index is 181. The van der Waals surface area contributed by atoms with Crippen molar-refractivity contribution >= 4 is 15.9 Å². The van der Waals surface area contributed by atoms with Gasteiger partial charge in [0.1, 0.15) is 0 Å². The molecule has 0 bridgehead atoms. The highest BCUT2D eigenvalue weighted by atomic mass is 79.9. The molecular formula is C10H12Br. The van der Waals surface area contributed by atoms with Gasteiger partial charge in [0, 0.05) is 5.33 Å². The molecule has 0 saturated heterocycles. The van der Waals surface area contributed by atoms with E-state index < -0.39 is 0 Å². The highest BCUT2D eigenvalue weighted by Crippen LogP contribution is 2.07. The van der Waals surface area contributed by atoms with Gasteiger partial charge in [0.05, 0.1) is 0 Å². The van der Waals surface area contributed by atoms with Crippen LogP contribution in [-0.4, -0.2) is 5.33 Å². The molecule has 0 aliphatic rings. The summed E-state index contributed by atoms with van der Waals surface area (Å²) in [6, 6.07) is 10.4. The number of rotatable bonds is 4. The van der Waals surface area contributed by atoms with E-state index in [1.165, 1.54) is 12.0 Å². The van der Waals surface area contributed by atoms with Crippen LogP contribution in [0.2, 0.25) is 0 Å². The molecular weight excluding hydrogens is 200 g/mol. The minimum absolute atomic E-state index is 1.09. The molecule has 59 valence electrons. The number of hydrogen-bond donors (Lipinski definition) is 0. The van der Waals surface area contributed by atoms with Gasteiger partial charge in [0.15, 0.2) is 0 Å². The molecule has 1 radical (unpaired) electrons. The lowest BCUT2D eigenvalue weighted by Crippen LogP contribution is -1.81. The van der Waals surface area contributed by atoms with Crippen LogP contribution in [0.5, 0.6) is 0 Å². The molecule has 0 amide bonds. The number of benzene rings is 1. The summed E-state index contributed by atoms with van der Waals surface area (Å²) in [7, 11) is 0. The molecule has 1 rings (SSSR count). The topological polar surface area (TPSA) is 0 Å². The molecule has 0 unspecified atom stereocenters. The van der Waals surface area contributed by atoms with E-state index in [4.69, 9.17) is 0 Å². The van der Waals surface area contributed by atoms with E-state index in [1.807, 2.05) is 6.07 Å². The summed E-state index contributed by atoms with van der Waals surface area (Å²) in [5.41, 5.74) is 1.33. The minimum Gasteiger partial charge on any atom is -0.0928 e. The molecule has 1 heteroatoms. The minimum atomic E-state index is 1.09. The molecule has 0 aromatic heterocycles. The van der Waals surface area contributed by atoms with Crippen molar-refractivity contribution in [2.45, 2.75) is 12.8 Å². The van der Waals surface area contributed by atoms with Crippen molar-refractivity contribution in [3.63, 3.8) is 0 Å². The van der Waals surface area contributed by atoms with Crippen LogP contribution >= 0.6 is 15.9 Å². The van der Waals surface area contributed by atoms with Gasteiger partial charge >= 0.3 is 0 Å². The predicted octanol–water partition coefficient (Wildman–Crippen LogP) is 3.41. The smallest absolute Gasteiger partial charge is 0.00315 e. The van der Waals surface area contributed by atoms with Crippen LogP contribution in [0.1, 0.15) is 18.4 Å². The van der Waals surface area contributed by atoms with Crippen molar-refractivity contribution in [1.82, 2.24) is 0 Å². The van der Waals surface area contributed by atoms with Crippen LogP contribution in [-0.2, 0) is 0 Å². The molecule has 1 aromatic rings. The van der Waals surface area contributed by atoms with Crippen molar-refractivity contribution in [1.29, 1.82) is 0 Å². The Morgan fingerprint density at radius 2 is 1.91 bits per heavy atom. The number of alkyl halides is 1. The Kier molecular flexibility index (Phi) is 4.29. The van der Waals surface area contributed by atoms with E-state index in [0.29, 0.717) is 0 Å². The lowest BCUT2D eigenvalue weighted by molar-refractivity contribution is 0.931. The van der Waals surface area contributed by atoms with Crippen LogP contribution in [0.3, 0.4) is 0 Å². The third-order valence-corrected chi connectivity index (χ3v) is 2.08. The first-order chi connectivity index (χ1) is 5.43. The van der Waals surface area contributed by atoms with Crippen molar-refractivity contribution in [3.05, 3.63) is 42.3 Å². The lowest BCUT2D eigenvalue weighted by Gasteiger charge is -1.97. The van der Waals surface area contributed by atoms with Gasteiger partial charge < -0.3 is 0 Å². The van der Waals surface area contributed by atoms with Gasteiger partial charge in [-0.1, -0.05) is 46.3 Å². The first kappa shape index (κ1) is 8.79. The summed E-state index contributed by atoms with van der Waals surface area (Å²) in [4.78, 5) is 0. The van der Waals surface area contributed by atoms with Gasteiger partial charge in [-0.3, -0.25) is 0 Å². The summed E-state index contributed by atoms with van der Waals surface area (Å²) in [5.74, 6) is 0. The van der Waals surface area contributed by atoms with Crippen molar-refractivity contribution in [2.24, 2.45) is 0 Å². The highest BCUT2D eigenvalue weighted by molar-refractivity contribution is 9.09. The molecule has 0 N–H and O–H groups in total. The van der Waals surface area contributed by atoms with E-state index >= 15 is 0 Å². The first-order valence-electron chi connectivity index (χ1n) is 3.87. The fourth-order valence-electron chi connectivity index (χ4n) is 0.935. The molecule has 0 aliphatic heterocycles. The second-order valence-electron chi connectivity index (χ2n) is 2.45. The highest BCUT2D eigenvalue weighted by Gasteiger charge is 1.90. The normalized spacial score (nSPS) is 9.91. The standard InChI is InChI=1S/C10H12Br/c11-9-5-4-8-10-6-2-1-3-7-10/h1-3,6-8H,4-5,9H2. The Labute approximate surface area is 76.8 Å². The van der Waals surface area contributed by atoms with Gasteiger partial charge in [0.25, 0.3) is 0 Å².